The van der Waals surface area contributed by atoms with Gasteiger partial charge in [0, 0.05) is 23.9 Å². The molecule has 0 saturated carbocycles. The van der Waals surface area contributed by atoms with Crippen molar-refractivity contribution in [1.29, 1.82) is 0 Å². The molecule has 0 N–H and O–H groups in total. The van der Waals surface area contributed by atoms with Crippen LogP contribution in [0.2, 0.25) is 0 Å². The lowest BCUT2D eigenvalue weighted by Gasteiger charge is -2.34. The summed E-state index contributed by atoms with van der Waals surface area (Å²) in [6.07, 6.45) is 3.60. The number of fused-ring (bicyclic) bond motifs is 1. The molecule has 2 aliphatic rings. The van der Waals surface area contributed by atoms with E-state index in [9.17, 15) is 4.79 Å². The molecule has 0 spiro atoms. The maximum atomic E-state index is 13.4. The van der Waals surface area contributed by atoms with Crippen LogP contribution >= 0.6 is 0 Å². The minimum atomic E-state index is -0.134. The molecule has 1 fully saturated rings. The van der Waals surface area contributed by atoms with Gasteiger partial charge in [-0.15, -0.1) is 0 Å². The molecule has 6 nitrogen and oxygen atoms in total. The Morgan fingerprint density at radius 1 is 1.35 bits per heavy atom. The maximum Gasteiger partial charge on any atom is 0.258 e. The molecule has 1 unspecified atom stereocenters. The van der Waals surface area contributed by atoms with Gasteiger partial charge < -0.3 is 14.2 Å². The largest absolute Gasteiger partial charge is 0.492 e. The van der Waals surface area contributed by atoms with E-state index in [-0.39, 0.29) is 17.4 Å². The fraction of sp³-hybridized carbons (Fsp3) is 0.550. The van der Waals surface area contributed by atoms with Gasteiger partial charge in [0.2, 0.25) is 5.89 Å². The number of nitrogens with zero attached hydrogens (tertiary/aromatic N) is 3. The van der Waals surface area contributed by atoms with Crippen molar-refractivity contribution in [3.63, 3.8) is 0 Å². The summed E-state index contributed by atoms with van der Waals surface area (Å²) in [5.74, 6) is 1.95. The van der Waals surface area contributed by atoms with Crippen molar-refractivity contribution in [2.24, 2.45) is 0 Å². The van der Waals surface area contributed by atoms with Gasteiger partial charge in [0.25, 0.3) is 5.91 Å². The predicted molar refractivity (Wildman–Crippen MR) is 96.3 cm³/mol. The summed E-state index contributed by atoms with van der Waals surface area (Å²) in [7, 11) is 0. The second kappa shape index (κ2) is 6.41. The molecule has 1 amide bonds. The number of carbonyl (C=O) groups is 1. The van der Waals surface area contributed by atoms with Gasteiger partial charge in [-0.25, -0.2) is 0 Å². The minimum Gasteiger partial charge on any atom is -0.492 e. The summed E-state index contributed by atoms with van der Waals surface area (Å²) in [6, 6.07) is 5.73. The number of rotatable bonds is 3. The van der Waals surface area contributed by atoms with E-state index < -0.39 is 0 Å². The standard InChI is InChI=1S/C20H25N3O3/c1-4-16-21-18(22-26-16)15-10-5-6-11-23(15)19(24)13-8-7-9-14-17(13)25-12-20(14,2)3/h7-9,15H,4-6,10-12H2,1-3H3. The molecular weight excluding hydrogens is 330 g/mol. The molecule has 0 radical (unpaired) electrons. The van der Waals surface area contributed by atoms with Gasteiger partial charge in [-0.1, -0.05) is 38.1 Å². The van der Waals surface area contributed by atoms with Crippen LogP contribution in [0.25, 0.3) is 0 Å². The third-order valence-electron chi connectivity index (χ3n) is 5.40. The van der Waals surface area contributed by atoms with Gasteiger partial charge in [-0.05, 0) is 25.3 Å². The number of carbonyl (C=O) groups excluding carboxylic acids is 1. The Bertz CT molecular complexity index is 827. The van der Waals surface area contributed by atoms with E-state index in [4.69, 9.17) is 9.26 Å². The summed E-state index contributed by atoms with van der Waals surface area (Å²) < 4.78 is 11.2. The summed E-state index contributed by atoms with van der Waals surface area (Å²) >= 11 is 0. The van der Waals surface area contributed by atoms with Crippen molar-refractivity contribution < 1.29 is 14.1 Å². The lowest BCUT2D eigenvalue weighted by atomic mass is 9.86. The third kappa shape index (κ3) is 2.77. The number of benzene rings is 1. The lowest BCUT2D eigenvalue weighted by Crippen LogP contribution is -2.39. The first-order valence-electron chi connectivity index (χ1n) is 9.41. The number of para-hydroxylation sites is 1. The van der Waals surface area contributed by atoms with E-state index in [1.54, 1.807) is 0 Å². The molecule has 1 saturated heterocycles. The van der Waals surface area contributed by atoms with Crippen LogP contribution < -0.4 is 4.74 Å². The number of likely N-dealkylation sites (tertiary alicyclic amines) is 1. The van der Waals surface area contributed by atoms with E-state index in [0.29, 0.717) is 36.9 Å². The zero-order chi connectivity index (χ0) is 18.3. The molecule has 0 bridgehead atoms. The number of hydrogen-bond acceptors (Lipinski definition) is 5. The highest BCUT2D eigenvalue weighted by Gasteiger charge is 2.38. The molecule has 1 aromatic heterocycles. The van der Waals surface area contributed by atoms with E-state index in [2.05, 4.69) is 30.1 Å². The molecule has 3 heterocycles. The average molecular weight is 355 g/mol. The van der Waals surface area contributed by atoms with Crippen LogP contribution in [0, 0.1) is 0 Å². The van der Waals surface area contributed by atoms with Crippen LogP contribution in [0.1, 0.15) is 73.7 Å². The van der Waals surface area contributed by atoms with Gasteiger partial charge in [0.15, 0.2) is 5.82 Å². The van der Waals surface area contributed by atoms with Gasteiger partial charge in [0.1, 0.15) is 5.75 Å². The van der Waals surface area contributed by atoms with Crippen LogP contribution in [0.15, 0.2) is 22.7 Å². The van der Waals surface area contributed by atoms with Crippen molar-refractivity contribution in [2.75, 3.05) is 13.2 Å². The van der Waals surface area contributed by atoms with Gasteiger partial charge >= 0.3 is 0 Å². The molecule has 1 atom stereocenters. The Morgan fingerprint density at radius 2 is 2.19 bits per heavy atom. The molecule has 2 aromatic rings. The van der Waals surface area contributed by atoms with Gasteiger partial charge in [-0.2, -0.15) is 4.98 Å². The van der Waals surface area contributed by atoms with Crippen LogP contribution in [0.3, 0.4) is 0 Å². The summed E-state index contributed by atoms with van der Waals surface area (Å²) in [5.41, 5.74) is 1.67. The van der Waals surface area contributed by atoms with E-state index in [1.165, 1.54) is 0 Å². The van der Waals surface area contributed by atoms with Crippen LogP contribution in [0.5, 0.6) is 5.75 Å². The van der Waals surface area contributed by atoms with E-state index >= 15 is 0 Å². The Hall–Kier alpha value is -2.37. The monoisotopic (exact) mass is 355 g/mol. The fourth-order valence-electron chi connectivity index (χ4n) is 3.87. The summed E-state index contributed by atoms with van der Waals surface area (Å²) in [4.78, 5) is 19.7. The molecular formula is C20H25N3O3. The first-order valence-corrected chi connectivity index (χ1v) is 9.41. The molecule has 6 heteroatoms. The lowest BCUT2D eigenvalue weighted by molar-refractivity contribution is 0.0593. The van der Waals surface area contributed by atoms with Crippen LogP contribution in [0.4, 0.5) is 0 Å². The second-order valence-corrected chi connectivity index (χ2v) is 7.76. The molecule has 138 valence electrons. The summed E-state index contributed by atoms with van der Waals surface area (Å²) in [5, 5.41) is 4.12. The van der Waals surface area contributed by atoms with Crippen molar-refractivity contribution in [3.8, 4) is 5.75 Å². The average Bonchev–Trinajstić information content (AvgIpc) is 3.26. The number of aromatic nitrogens is 2. The smallest absolute Gasteiger partial charge is 0.258 e. The topological polar surface area (TPSA) is 68.5 Å². The molecule has 2 aliphatic heterocycles. The van der Waals surface area contributed by atoms with Gasteiger partial charge in [-0.3, -0.25) is 4.79 Å². The number of amides is 1. The van der Waals surface area contributed by atoms with E-state index in [0.717, 1.165) is 30.6 Å². The highest BCUT2D eigenvalue weighted by Crippen LogP contribution is 2.42. The SMILES string of the molecule is CCc1nc(C2CCCCN2C(=O)c2cccc3c2OCC3(C)C)no1. The van der Waals surface area contributed by atoms with Crippen LogP contribution in [-0.4, -0.2) is 34.1 Å². The first kappa shape index (κ1) is 17.1. The Labute approximate surface area is 153 Å². The molecule has 4 rings (SSSR count). The molecule has 26 heavy (non-hydrogen) atoms. The molecule has 0 aliphatic carbocycles. The highest BCUT2D eigenvalue weighted by atomic mass is 16.5. The van der Waals surface area contributed by atoms with E-state index in [1.807, 2.05) is 24.0 Å². The fourth-order valence-corrected chi connectivity index (χ4v) is 3.87. The third-order valence-corrected chi connectivity index (χ3v) is 5.40. The first-order chi connectivity index (χ1) is 12.5. The minimum absolute atomic E-state index is 0.00732. The predicted octanol–water partition coefficient (Wildman–Crippen LogP) is 3.67. The van der Waals surface area contributed by atoms with Crippen molar-refractivity contribution >= 4 is 5.91 Å². The second-order valence-electron chi connectivity index (χ2n) is 7.76. The number of hydrogen-bond donors (Lipinski definition) is 0. The van der Waals surface area contributed by atoms with Crippen molar-refractivity contribution in [2.45, 2.75) is 57.9 Å². The zero-order valence-corrected chi connectivity index (χ0v) is 15.6. The van der Waals surface area contributed by atoms with Gasteiger partial charge in [0.05, 0.1) is 18.2 Å². The number of ether oxygens (including phenoxy) is 1. The zero-order valence-electron chi connectivity index (χ0n) is 15.6. The van der Waals surface area contributed by atoms with Crippen LogP contribution in [-0.2, 0) is 11.8 Å². The maximum absolute atomic E-state index is 13.4. The highest BCUT2D eigenvalue weighted by molar-refractivity contribution is 5.98. The Balaban J connectivity index is 1.68. The number of piperidine rings is 1. The Kier molecular flexibility index (Phi) is 4.21. The normalized spacial score (nSPS) is 21.3. The van der Waals surface area contributed by atoms with Crippen molar-refractivity contribution in [1.82, 2.24) is 15.0 Å². The quantitative estimate of drug-likeness (QED) is 0.840. The molecule has 1 aromatic carbocycles. The number of aryl methyl sites for hydroxylation is 1. The van der Waals surface area contributed by atoms with Crippen molar-refractivity contribution in [3.05, 3.63) is 41.0 Å². The Morgan fingerprint density at radius 3 is 2.96 bits per heavy atom. The summed E-state index contributed by atoms with van der Waals surface area (Å²) in [6.45, 7) is 7.56.